The maximum atomic E-state index is 13.9. The molecular weight excluding hydrogens is 321 g/mol. The molecule has 0 aliphatic rings. The van der Waals surface area contributed by atoms with Crippen molar-refractivity contribution in [1.29, 1.82) is 0 Å². The number of halogens is 1. The van der Waals surface area contributed by atoms with Crippen molar-refractivity contribution in [1.82, 2.24) is 25.3 Å². The van der Waals surface area contributed by atoms with Gasteiger partial charge in [-0.15, -0.1) is 0 Å². The quantitative estimate of drug-likeness (QED) is 0.660. The standard InChI is InChI=1S/C18H22FN5O/c1-13(6-9-24-8-3-7-22-24)20-11-15-12-21-23-18(15)14-4-5-17(25-2)16(19)10-14/h3-5,7-8,10,12-13,20H,6,9,11H2,1-2H3,(H,21,23)/t13-/m1/s1. The zero-order valence-corrected chi connectivity index (χ0v) is 14.4. The summed E-state index contributed by atoms with van der Waals surface area (Å²) in [5, 5.41) is 14.7. The number of methoxy groups -OCH3 is 1. The summed E-state index contributed by atoms with van der Waals surface area (Å²) in [6.07, 6.45) is 6.47. The second-order valence-corrected chi connectivity index (χ2v) is 5.96. The summed E-state index contributed by atoms with van der Waals surface area (Å²) in [4.78, 5) is 0. The van der Waals surface area contributed by atoms with Gasteiger partial charge in [0, 0.05) is 42.7 Å². The summed E-state index contributed by atoms with van der Waals surface area (Å²) in [5.74, 6) is -0.156. The molecule has 2 N–H and O–H groups in total. The number of hydrogen-bond acceptors (Lipinski definition) is 4. The molecule has 0 saturated heterocycles. The fraction of sp³-hybridized carbons (Fsp3) is 0.333. The van der Waals surface area contributed by atoms with E-state index in [-0.39, 0.29) is 11.6 Å². The molecule has 0 aliphatic heterocycles. The van der Waals surface area contributed by atoms with Crippen molar-refractivity contribution in [3.63, 3.8) is 0 Å². The highest BCUT2D eigenvalue weighted by atomic mass is 19.1. The van der Waals surface area contributed by atoms with E-state index in [0.717, 1.165) is 29.8 Å². The lowest BCUT2D eigenvalue weighted by Crippen LogP contribution is -2.27. The van der Waals surface area contributed by atoms with Crippen LogP contribution < -0.4 is 10.1 Å². The van der Waals surface area contributed by atoms with E-state index >= 15 is 0 Å². The molecule has 3 aromatic rings. The van der Waals surface area contributed by atoms with Gasteiger partial charge in [0.2, 0.25) is 0 Å². The molecule has 7 heteroatoms. The molecule has 132 valence electrons. The predicted octanol–water partition coefficient (Wildman–Crippen LogP) is 2.99. The van der Waals surface area contributed by atoms with Gasteiger partial charge >= 0.3 is 0 Å². The summed E-state index contributed by atoms with van der Waals surface area (Å²) >= 11 is 0. The maximum Gasteiger partial charge on any atom is 0.165 e. The number of benzene rings is 1. The first-order valence-corrected chi connectivity index (χ1v) is 8.24. The van der Waals surface area contributed by atoms with Gasteiger partial charge in [-0.25, -0.2) is 4.39 Å². The fourth-order valence-corrected chi connectivity index (χ4v) is 2.66. The molecule has 0 bridgehead atoms. The minimum Gasteiger partial charge on any atom is -0.494 e. The number of nitrogens with one attached hydrogen (secondary N) is 2. The summed E-state index contributed by atoms with van der Waals surface area (Å²) in [6.45, 7) is 3.65. The highest BCUT2D eigenvalue weighted by molar-refractivity contribution is 5.63. The molecule has 2 aromatic heterocycles. The third kappa shape index (κ3) is 4.24. The van der Waals surface area contributed by atoms with Gasteiger partial charge < -0.3 is 10.1 Å². The maximum absolute atomic E-state index is 13.9. The molecule has 0 spiro atoms. The van der Waals surface area contributed by atoms with Gasteiger partial charge in [-0.2, -0.15) is 10.2 Å². The van der Waals surface area contributed by atoms with Crippen molar-refractivity contribution in [2.45, 2.75) is 32.5 Å². The normalized spacial score (nSPS) is 12.3. The lowest BCUT2D eigenvalue weighted by Gasteiger charge is -2.14. The van der Waals surface area contributed by atoms with E-state index < -0.39 is 0 Å². The van der Waals surface area contributed by atoms with Crippen molar-refractivity contribution >= 4 is 0 Å². The van der Waals surface area contributed by atoms with Crippen LogP contribution >= 0.6 is 0 Å². The van der Waals surface area contributed by atoms with Gasteiger partial charge in [0.05, 0.1) is 19.0 Å². The Kier molecular flexibility index (Phi) is 5.45. The van der Waals surface area contributed by atoms with Crippen molar-refractivity contribution in [3.05, 3.63) is 54.2 Å². The summed E-state index contributed by atoms with van der Waals surface area (Å²) in [6, 6.07) is 7.13. The molecule has 0 radical (unpaired) electrons. The highest BCUT2D eigenvalue weighted by Gasteiger charge is 2.12. The molecule has 0 fully saturated rings. The number of aromatic amines is 1. The molecular formula is C18H22FN5O. The van der Waals surface area contributed by atoms with Crippen LogP contribution in [0.5, 0.6) is 5.75 Å². The molecule has 1 aromatic carbocycles. The smallest absolute Gasteiger partial charge is 0.165 e. The van der Waals surface area contributed by atoms with Crippen LogP contribution in [0.15, 0.2) is 42.9 Å². The van der Waals surface area contributed by atoms with Gasteiger partial charge in [-0.05, 0) is 37.6 Å². The van der Waals surface area contributed by atoms with Crippen molar-refractivity contribution in [2.24, 2.45) is 0 Å². The Balaban J connectivity index is 1.60. The van der Waals surface area contributed by atoms with Crippen LogP contribution in [-0.2, 0) is 13.1 Å². The first-order chi connectivity index (χ1) is 12.2. The SMILES string of the molecule is COc1ccc(-c2[nH]ncc2CN[C@H](C)CCn2cccn2)cc1F. The molecule has 2 heterocycles. The van der Waals surface area contributed by atoms with E-state index in [4.69, 9.17) is 4.74 Å². The van der Waals surface area contributed by atoms with E-state index in [1.165, 1.54) is 13.2 Å². The molecule has 0 amide bonds. The number of rotatable bonds is 8. The zero-order valence-electron chi connectivity index (χ0n) is 14.4. The van der Waals surface area contributed by atoms with E-state index in [9.17, 15) is 4.39 Å². The zero-order chi connectivity index (χ0) is 17.6. The van der Waals surface area contributed by atoms with Gasteiger partial charge in [-0.1, -0.05) is 0 Å². The Hall–Kier alpha value is -2.67. The third-order valence-corrected chi connectivity index (χ3v) is 4.15. The van der Waals surface area contributed by atoms with Crippen molar-refractivity contribution < 1.29 is 9.13 Å². The van der Waals surface area contributed by atoms with Gasteiger partial charge in [0.1, 0.15) is 0 Å². The first-order valence-electron chi connectivity index (χ1n) is 8.24. The van der Waals surface area contributed by atoms with Crippen LogP contribution in [0.2, 0.25) is 0 Å². The van der Waals surface area contributed by atoms with Crippen LogP contribution in [0.3, 0.4) is 0 Å². The number of nitrogens with zero attached hydrogens (tertiary/aromatic N) is 3. The summed E-state index contributed by atoms with van der Waals surface area (Å²) in [5.41, 5.74) is 2.56. The second kappa shape index (κ2) is 7.94. The summed E-state index contributed by atoms with van der Waals surface area (Å²) in [7, 11) is 1.45. The van der Waals surface area contributed by atoms with Gasteiger partial charge in [0.15, 0.2) is 11.6 Å². The number of aromatic nitrogens is 4. The van der Waals surface area contributed by atoms with Crippen molar-refractivity contribution in [3.8, 4) is 17.0 Å². The van der Waals surface area contributed by atoms with Gasteiger partial charge in [-0.3, -0.25) is 9.78 Å². The average Bonchev–Trinajstić information content (AvgIpc) is 3.29. The average molecular weight is 343 g/mol. The topological polar surface area (TPSA) is 67.8 Å². The molecule has 1 atom stereocenters. The van der Waals surface area contributed by atoms with E-state index in [1.54, 1.807) is 18.5 Å². The van der Waals surface area contributed by atoms with Crippen LogP contribution in [-0.4, -0.2) is 33.1 Å². The molecule has 3 rings (SSSR count). The Labute approximate surface area is 146 Å². The number of aryl methyl sites for hydroxylation is 1. The van der Waals surface area contributed by atoms with E-state index in [1.807, 2.05) is 23.0 Å². The minimum atomic E-state index is -0.388. The van der Waals surface area contributed by atoms with Crippen LogP contribution in [0.25, 0.3) is 11.3 Å². The van der Waals surface area contributed by atoms with E-state index in [2.05, 4.69) is 27.5 Å². The lowest BCUT2D eigenvalue weighted by molar-refractivity contribution is 0.386. The Morgan fingerprint density at radius 2 is 2.28 bits per heavy atom. The number of hydrogen-bond donors (Lipinski definition) is 2. The van der Waals surface area contributed by atoms with Crippen molar-refractivity contribution in [2.75, 3.05) is 7.11 Å². The lowest BCUT2D eigenvalue weighted by atomic mass is 10.1. The van der Waals surface area contributed by atoms with E-state index in [0.29, 0.717) is 12.6 Å². The largest absolute Gasteiger partial charge is 0.494 e. The predicted molar refractivity (Wildman–Crippen MR) is 93.7 cm³/mol. The second-order valence-electron chi connectivity index (χ2n) is 5.96. The molecule has 0 saturated carbocycles. The molecule has 25 heavy (non-hydrogen) atoms. The van der Waals surface area contributed by atoms with Crippen LogP contribution in [0, 0.1) is 5.82 Å². The number of H-pyrrole nitrogens is 1. The minimum absolute atomic E-state index is 0.232. The Morgan fingerprint density at radius 1 is 1.40 bits per heavy atom. The third-order valence-electron chi connectivity index (χ3n) is 4.15. The Morgan fingerprint density at radius 3 is 3.00 bits per heavy atom. The monoisotopic (exact) mass is 343 g/mol. The molecule has 0 aliphatic carbocycles. The molecule has 0 unspecified atom stereocenters. The first kappa shape index (κ1) is 17.2. The summed E-state index contributed by atoms with van der Waals surface area (Å²) < 4.78 is 20.8. The highest BCUT2D eigenvalue weighted by Crippen LogP contribution is 2.26. The Bertz CT molecular complexity index is 800. The molecule has 6 nitrogen and oxygen atoms in total. The van der Waals surface area contributed by atoms with Crippen LogP contribution in [0.4, 0.5) is 4.39 Å². The number of ether oxygens (including phenoxy) is 1. The van der Waals surface area contributed by atoms with Crippen LogP contribution in [0.1, 0.15) is 18.9 Å². The fourth-order valence-electron chi connectivity index (χ4n) is 2.66. The van der Waals surface area contributed by atoms with Gasteiger partial charge in [0.25, 0.3) is 0 Å².